The van der Waals surface area contributed by atoms with Gasteiger partial charge in [0.1, 0.15) is 11.3 Å². The van der Waals surface area contributed by atoms with E-state index in [1.807, 2.05) is 0 Å². The zero-order valence-corrected chi connectivity index (χ0v) is 16.1. The van der Waals surface area contributed by atoms with Gasteiger partial charge in [-0.15, -0.1) is 0 Å². The van der Waals surface area contributed by atoms with Crippen molar-refractivity contribution in [3.05, 3.63) is 47.3 Å². The molecule has 0 unspecified atom stereocenters. The van der Waals surface area contributed by atoms with Crippen molar-refractivity contribution in [2.45, 2.75) is 24.7 Å². The molecule has 7 nitrogen and oxygen atoms in total. The summed E-state index contributed by atoms with van der Waals surface area (Å²) in [5.74, 6) is 1.48. The van der Waals surface area contributed by atoms with Crippen LogP contribution >= 0.6 is 10.6 Å². The summed E-state index contributed by atoms with van der Waals surface area (Å²) in [6, 6.07) is 5.24. The number of benzene rings is 1. The number of nitrogens with zero attached hydrogens (tertiary/aromatic N) is 3. The van der Waals surface area contributed by atoms with Crippen LogP contribution in [0.1, 0.15) is 19.8 Å². The Bertz CT molecular complexity index is 1050. The van der Waals surface area contributed by atoms with E-state index in [2.05, 4.69) is 4.98 Å². The number of fused-ring (bicyclic) bond motifs is 1. The van der Waals surface area contributed by atoms with Gasteiger partial charge in [0.05, 0.1) is 29.7 Å². The van der Waals surface area contributed by atoms with E-state index in [1.165, 1.54) is 23.6 Å². The Hall–Kier alpha value is -2.29. The third kappa shape index (κ3) is 3.36. The molecule has 144 valence electrons. The molecule has 0 spiro atoms. The zero-order valence-electron chi connectivity index (χ0n) is 15.3. The molecular weight excluding hydrogens is 366 g/mol. The molecule has 1 saturated carbocycles. The Morgan fingerprint density at radius 3 is 2.81 bits per heavy atom. The van der Waals surface area contributed by atoms with Gasteiger partial charge in [-0.1, -0.05) is 0 Å². The molecule has 0 saturated heterocycles. The van der Waals surface area contributed by atoms with Gasteiger partial charge in [-0.3, -0.25) is 18.3 Å². The fourth-order valence-corrected chi connectivity index (χ4v) is 3.95. The largest absolute Gasteiger partial charge is 0.493 e. The van der Waals surface area contributed by atoms with E-state index < -0.39 is 10.6 Å². The highest BCUT2D eigenvalue weighted by molar-refractivity contribution is 8.24. The van der Waals surface area contributed by atoms with Gasteiger partial charge in [-0.05, 0) is 43.9 Å². The number of rotatable bonds is 6. The van der Waals surface area contributed by atoms with Crippen LogP contribution in [0.15, 0.2) is 46.6 Å². The van der Waals surface area contributed by atoms with Gasteiger partial charge < -0.3 is 9.30 Å². The summed E-state index contributed by atoms with van der Waals surface area (Å²) in [4.78, 5) is 16.9. The summed E-state index contributed by atoms with van der Waals surface area (Å²) in [5, 5.41) is 0. The third-order valence-electron chi connectivity index (χ3n) is 4.93. The minimum absolute atomic E-state index is 0.148. The van der Waals surface area contributed by atoms with E-state index in [1.54, 1.807) is 49.1 Å². The lowest BCUT2D eigenvalue weighted by molar-refractivity contribution is 0.300. The van der Waals surface area contributed by atoms with Gasteiger partial charge in [0, 0.05) is 24.6 Å². The Morgan fingerprint density at radius 2 is 2.11 bits per heavy atom. The van der Waals surface area contributed by atoms with Crippen LogP contribution in [0.5, 0.6) is 5.75 Å². The molecule has 2 N–H and O–H groups in total. The van der Waals surface area contributed by atoms with Crippen molar-refractivity contribution >= 4 is 16.1 Å². The first-order valence-electron chi connectivity index (χ1n) is 8.95. The summed E-state index contributed by atoms with van der Waals surface area (Å²) < 4.78 is 30.0. The van der Waals surface area contributed by atoms with Gasteiger partial charge >= 0.3 is 0 Å². The Balaban J connectivity index is 1.91. The summed E-state index contributed by atoms with van der Waals surface area (Å²) >= 11 is 0. The molecular formula is C19H23N3O4S. The van der Waals surface area contributed by atoms with Crippen molar-refractivity contribution in [1.82, 2.24) is 14.0 Å². The van der Waals surface area contributed by atoms with Gasteiger partial charge in [0.2, 0.25) is 0 Å². The first kappa shape index (κ1) is 18.1. The second-order valence-corrected chi connectivity index (χ2v) is 9.33. The molecule has 0 atom stereocenters. The molecule has 0 amide bonds. The van der Waals surface area contributed by atoms with Crippen molar-refractivity contribution in [3.63, 3.8) is 0 Å². The van der Waals surface area contributed by atoms with Crippen LogP contribution in [0.3, 0.4) is 0 Å². The maximum absolute atomic E-state index is 12.3. The van der Waals surface area contributed by atoms with Crippen LogP contribution in [-0.2, 0) is 7.05 Å². The smallest absolute Gasteiger partial charge is 0.276 e. The molecule has 1 aliphatic rings. The van der Waals surface area contributed by atoms with Gasteiger partial charge in [0.25, 0.3) is 5.56 Å². The van der Waals surface area contributed by atoms with E-state index in [9.17, 15) is 13.9 Å². The van der Waals surface area contributed by atoms with Crippen LogP contribution < -0.4 is 10.3 Å². The second kappa shape index (κ2) is 6.70. The first-order chi connectivity index (χ1) is 12.9. The number of hydrogen-bond acceptors (Lipinski definition) is 5. The van der Waals surface area contributed by atoms with E-state index in [-0.39, 0.29) is 11.3 Å². The van der Waals surface area contributed by atoms with Crippen LogP contribution in [0.25, 0.3) is 16.8 Å². The molecule has 4 rings (SSSR count). The third-order valence-corrected chi connectivity index (χ3v) is 6.75. The molecule has 2 aromatic heterocycles. The lowest BCUT2D eigenvalue weighted by atomic mass is 10.1. The molecule has 1 aliphatic carbocycles. The van der Waals surface area contributed by atoms with Gasteiger partial charge in [0.15, 0.2) is 0 Å². The Morgan fingerprint density at radius 1 is 1.33 bits per heavy atom. The average molecular weight is 389 g/mol. The van der Waals surface area contributed by atoms with Crippen LogP contribution in [-0.4, -0.2) is 35.4 Å². The van der Waals surface area contributed by atoms with Crippen LogP contribution in [0.4, 0.5) is 0 Å². The molecule has 0 aliphatic heterocycles. The Kier molecular flexibility index (Phi) is 4.49. The molecule has 27 heavy (non-hydrogen) atoms. The topological polar surface area (TPSA) is 89.0 Å². The number of ether oxygens (including phenoxy) is 1. The predicted molar refractivity (Wildman–Crippen MR) is 106 cm³/mol. The maximum Gasteiger partial charge on any atom is 0.276 e. The van der Waals surface area contributed by atoms with E-state index in [0.29, 0.717) is 39.9 Å². The molecule has 0 radical (unpaired) electrons. The van der Waals surface area contributed by atoms with Crippen molar-refractivity contribution < 1.29 is 13.8 Å². The highest BCUT2D eigenvalue weighted by atomic mass is 32.3. The van der Waals surface area contributed by atoms with Crippen molar-refractivity contribution in [2.75, 3.05) is 12.4 Å². The minimum Gasteiger partial charge on any atom is -0.493 e. The highest BCUT2D eigenvalue weighted by Gasteiger charge is 2.24. The minimum atomic E-state index is -2.87. The SMILES string of the molecule is CCS(O)(O)c1ccc(OCC2CC2)c(-c2cn(C)c(=O)c3cncn23)c1. The van der Waals surface area contributed by atoms with E-state index in [0.717, 1.165) is 0 Å². The summed E-state index contributed by atoms with van der Waals surface area (Å²) in [5.41, 5.74) is 1.73. The maximum atomic E-state index is 12.3. The van der Waals surface area contributed by atoms with Crippen LogP contribution in [0.2, 0.25) is 0 Å². The van der Waals surface area contributed by atoms with Crippen molar-refractivity contribution in [2.24, 2.45) is 13.0 Å². The Labute approximate surface area is 158 Å². The number of aromatic nitrogens is 3. The quantitative estimate of drug-likeness (QED) is 0.672. The van der Waals surface area contributed by atoms with Crippen molar-refractivity contribution in [1.29, 1.82) is 0 Å². The number of aryl methyl sites for hydroxylation is 1. The van der Waals surface area contributed by atoms with Gasteiger partial charge in [-0.25, -0.2) is 4.98 Å². The molecule has 1 aromatic carbocycles. The molecule has 0 bridgehead atoms. The molecule has 1 fully saturated rings. The lowest BCUT2D eigenvalue weighted by Crippen LogP contribution is -2.19. The average Bonchev–Trinajstić information content (AvgIpc) is 3.36. The van der Waals surface area contributed by atoms with E-state index >= 15 is 0 Å². The first-order valence-corrected chi connectivity index (χ1v) is 10.7. The fraction of sp³-hybridized carbons (Fsp3) is 0.368. The normalized spacial score (nSPS) is 15.3. The standard InChI is InChI=1S/C19H23N3O4S/c1-3-27(24,25)14-6-7-18(26-11-13-4-5-13)15(8-14)17-10-21(2)19(23)16-9-20-12-22(16)17/h6-10,12-13,24-25H,3-5,11H2,1-2H3. The monoisotopic (exact) mass is 389 g/mol. The summed E-state index contributed by atoms with van der Waals surface area (Å²) in [7, 11) is -1.18. The molecule has 2 heterocycles. The summed E-state index contributed by atoms with van der Waals surface area (Å²) in [6.45, 7) is 2.38. The lowest BCUT2D eigenvalue weighted by Gasteiger charge is -2.31. The highest BCUT2D eigenvalue weighted by Crippen LogP contribution is 2.49. The van der Waals surface area contributed by atoms with Gasteiger partial charge in [-0.2, -0.15) is 10.6 Å². The van der Waals surface area contributed by atoms with Crippen LogP contribution in [0, 0.1) is 5.92 Å². The second-order valence-electron chi connectivity index (χ2n) is 6.95. The summed E-state index contributed by atoms with van der Waals surface area (Å²) in [6.07, 6.45) is 7.18. The van der Waals surface area contributed by atoms with E-state index in [4.69, 9.17) is 4.74 Å². The van der Waals surface area contributed by atoms with Crippen molar-refractivity contribution in [3.8, 4) is 17.0 Å². The molecule has 3 aromatic rings. The predicted octanol–water partition coefficient (Wildman–Crippen LogP) is 3.62. The fourth-order valence-electron chi connectivity index (χ4n) is 3.03. The number of imidazole rings is 1. The number of hydrogen-bond donors (Lipinski definition) is 2. The zero-order chi connectivity index (χ0) is 19.2. The molecule has 8 heteroatoms.